The van der Waals surface area contributed by atoms with Crippen molar-refractivity contribution in [1.29, 1.82) is 0 Å². The minimum atomic E-state index is 0.791. The van der Waals surface area contributed by atoms with Crippen molar-refractivity contribution in [1.82, 2.24) is 9.97 Å². The molecule has 0 fully saturated rings. The highest BCUT2D eigenvalue weighted by Gasteiger charge is 2.19. The highest BCUT2D eigenvalue weighted by atomic mass is 15.0. The van der Waals surface area contributed by atoms with Crippen molar-refractivity contribution in [2.24, 2.45) is 7.05 Å². The summed E-state index contributed by atoms with van der Waals surface area (Å²) in [6.45, 7) is 6.41. The van der Waals surface area contributed by atoms with Crippen LogP contribution in [0.1, 0.15) is 16.7 Å². The normalized spacial score (nSPS) is 11.0. The summed E-state index contributed by atoms with van der Waals surface area (Å²) < 4.78 is 2.07. The molecular formula is C17H18N3+. The largest absolute Gasteiger partial charge is 0.333 e. The minimum absolute atomic E-state index is 0.791. The molecule has 2 heterocycles. The summed E-state index contributed by atoms with van der Waals surface area (Å²) in [5.41, 5.74) is 5.79. The van der Waals surface area contributed by atoms with Crippen LogP contribution in [0.4, 0.5) is 0 Å². The Morgan fingerprint density at radius 2 is 1.90 bits per heavy atom. The van der Waals surface area contributed by atoms with E-state index in [9.17, 15) is 0 Å². The number of hydrogen-bond acceptors (Lipinski definition) is 2. The van der Waals surface area contributed by atoms with Gasteiger partial charge in [-0.25, -0.2) is 9.55 Å². The van der Waals surface area contributed by atoms with E-state index in [-0.39, 0.29) is 0 Å². The molecule has 0 atom stereocenters. The molecule has 3 rings (SSSR count). The first-order valence-corrected chi connectivity index (χ1v) is 6.76. The van der Waals surface area contributed by atoms with E-state index in [1.165, 1.54) is 22.3 Å². The Balaban J connectivity index is 2.32. The number of hydrogen-bond donors (Lipinski definition) is 0. The van der Waals surface area contributed by atoms with Gasteiger partial charge in [-0.1, -0.05) is 6.07 Å². The standard InChI is InChI=1S/C17H18N3/c1-11-8-12(2)13(3)15(9-11)17-19-16-14(10-20(17)4)6-5-7-18-16/h5-10H,1-4H3/q+1. The van der Waals surface area contributed by atoms with Gasteiger partial charge in [0.15, 0.2) is 0 Å². The molecule has 1 aromatic carbocycles. The lowest BCUT2D eigenvalue weighted by Crippen LogP contribution is -2.32. The minimum Gasteiger partial charge on any atom is -0.232 e. The van der Waals surface area contributed by atoms with Crippen LogP contribution in [0.3, 0.4) is 0 Å². The number of nitrogens with zero attached hydrogens (tertiary/aromatic N) is 3. The summed E-state index contributed by atoms with van der Waals surface area (Å²) in [5.74, 6) is 0.959. The fraction of sp³-hybridized carbons (Fsp3) is 0.235. The molecule has 0 aliphatic carbocycles. The zero-order chi connectivity index (χ0) is 14.3. The van der Waals surface area contributed by atoms with Crippen LogP contribution in [0, 0.1) is 20.8 Å². The Bertz CT molecular complexity index is 807. The monoisotopic (exact) mass is 264 g/mol. The molecule has 3 nitrogen and oxygen atoms in total. The predicted molar refractivity (Wildman–Crippen MR) is 80.4 cm³/mol. The predicted octanol–water partition coefficient (Wildman–Crippen LogP) is 3.05. The Labute approximate surface area is 118 Å². The SMILES string of the molecule is Cc1cc(C)c(C)c(-c2nc3ncccc3c[n+]2C)c1. The van der Waals surface area contributed by atoms with Gasteiger partial charge >= 0.3 is 5.82 Å². The second-order valence-corrected chi connectivity index (χ2v) is 5.35. The second-order valence-electron chi connectivity index (χ2n) is 5.35. The molecule has 0 saturated carbocycles. The van der Waals surface area contributed by atoms with Gasteiger partial charge in [0.25, 0.3) is 5.65 Å². The molecule has 0 aliphatic heterocycles. The summed E-state index contributed by atoms with van der Waals surface area (Å²) in [4.78, 5) is 9.10. The maximum Gasteiger partial charge on any atom is 0.333 e. The van der Waals surface area contributed by atoms with Gasteiger partial charge in [0.05, 0.1) is 18.0 Å². The van der Waals surface area contributed by atoms with Crippen LogP contribution in [0.5, 0.6) is 0 Å². The highest BCUT2D eigenvalue weighted by molar-refractivity contribution is 5.74. The number of aromatic nitrogens is 3. The molecule has 0 amide bonds. The molecule has 3 heteroatoms. The zero-order valence-electron chi connectivity index (χ0n) is 12.3. The number of benzene rings is 1. The van der Waals surface area contributed by atoms with Crippen molar-refractivity contribution in [3.05, 3.63) is 53.3 Å². The third-order valence-electron chi connectivity index (χ3n) is 3.75. The van der Waals surface area contributed by atoms with Gasteiger partial charge in [0.1, 0.15) is 6.20 Å². The molecular weight excluding hydrogens is 246 g/mol. The Hall–Kier alpha value is -2.29. The Morgan fingerprint density at radius 1 is 1.10 bits per heavy atom. The molecule has 0 unspecified atom stereocenters. The first kappa shape index (κ1) is 12.7. The summed E-state index contributed by atoms with van der Waals surface area (Å²) in [6.07, 6.45) is 3.87. The molecule has 0 aliphatic rings. The van der Waals surface area contributed by atoms with Crippen LogP contribution >= 0.6 is 0 Å². The van der Waals surface area contributed by atoms with E-state index < -0.39 is 0 Å². The lowest BCUT2D eigenvalue weighted by Gasteiger charge is -2.08. The summed E-state index contributed by atoms with van der Waals surface area (Å²) >= 11 is 0. The lowest BCUT2D eigenvalue weighted by atomic mass is 9.99. The molecule has 0 saturated heterocycles. The van der Waals surface area contributed by atoms with Crippen molar-refractivity contribution in [3.63, 3.8) is 0 Å². The van der Waals surface area contributed by atoms with Gasteiger partial charge in [-0.3, -0.25) is 0 Å². The van der Waals surface area contributed by atoms with E-state index in [0.29, 0.717) is 0 Å². The number of rotatable bonds is 1. The van der Waals surface area contributed by atoms with E-state index in [4.69, 9.17) is 4.98 Å². The maximum atomic E-state index is 4.74. The molecule has 2 aromatic heterocycles. The molecule has 0 N–H and O–H groups in total. The summed E-state index contributed by atoms with van der Waals surface area (Å²) in [5, 5.41) is 1.06. The van der Waals surface area contributed by atoms with Gasteiger partial charge < -0.3 is 0 Å². The zero-order valence-corrected chi connectivity index (χ0v) is 12.3. The van der Waals surface area contributed by atoms with Gasteiger partial charge in [-0.05, 0) is 60.6 Å². The van der Waals surface area contributed by atoms with Crippen LogP contribution in [0.2, 0.25) is 0 Å². The third-order valence-corrected chi connectivity index (χ3v) is 3.75. The Kier molecular flexibility index (Phi) is 2.97. The van der Waals surface area contributed by atoms with Crippen molar-refractivity contribution < 1.29 is 4.57 Å². The quantitative estimate of drug-likeness (QED) is 0.632. The summed E-state index contributed by atoms with van der Waals surface area (Å²) in [7, 11) is 2.03. The van der Waals surface area contributed by atoms with Crippen LogP contribution in [-0.4, -0.2) is 9.97 Å². The molecule has 3 aromatic rings. The fourth-order valence-electron chi connectivity index (χ4n) is 2.57. The average molecular weight is 264 g/mol. The fourth-order valence-corrected chi connectivity index (χ4v) is 2.57. The molecule has 100 valence electrons. The van der Waals surface area contributed by atoms with Gasteiger partial charge in [0.2, 0.25) is 0 Å². The molecule has 0 radical (unpaired) electrons. The number of pyridine rings is 1. The van der Waals surface area contributed by atoms with Crippen LogP contribution in [-0.2, 0) is 7.05 Å². The molecule has 0 bridgehead atoms. The maximum absolute atomic E-state index is 4.74. The van der Waals surface area contributed by atoms with Crippen molar-refractivity contribution in [2.45, 2.75) is 20.8 Å². The van der Waals surface area contributed by atoms with E-state index in [1.54, 1.807) is 6.20 Å². The van der Waals surface area contributed by atoms with Crippen LogP contribution in [0.15, 0.2) is 36.7 Å². The smallest absolute Gasteiger partial charge is 0.232 e. The van der Waals surface area contributed by atoms with Crippen molar-refractivity contribution in [3.8, 4) is 11.4 Å². The van der Waals surface area contributed by atoms with Crippen molar-refractivity contribution in [2.75, 3.05) is 0 Å². The topological polar surface area (TPSA) is 29.7 Å². The van der Waals surface area contributed by atoms with Crippen molar-refractivity contribution >= 4 is 11.0 Å². The molecule has 20 heavy (non-hydrogen) atoms. The van der Waals surface area contributed by atoms with E-state index in [2.05, 4.69) is 48.7 Å². The van der Waals surface area contributed by atoms with Crippen LogP contribution in [0.25, 0.3) is 22.4 Å². The second kappa shape index (κ2) is 4.67. The number of fused-ring (bicyclic) bond motifs is 1. The first-order chi connectivity index (χ1) is 9.56. The molecule has 0 spiro atoms. The lowest BCUT2D eigenvalue weighted by molar-refractivity contribution is -0.661. The van der Waals surface area contributed by atoms with E-state index in [1.807, 2.05) is 19.2 Å². The highest BCUT2D eigenvalue weighted by Crippen LogP contribution is 2.24. The van der Waals surface area contributed by atoms with Gasteiger partial charge in [0, 0.05) is 6.20 Å². The van der Waals surface area contributed by atoms with E-state index >= 15 is 0 Å². The summed E-state index contributed by atoms with van der Waals surface area (Å²) in [6, 6.07) is 8.37. The first-order valence-electron chi connectivity index (χ1n) is 6.76. The van der Waals surface area contributed by atoms with Crippen LogP contribution < -0.4 is 4.57 Å². The number of aryl methyl sites for hydroxylation is 3. The van der Waals surface area contributed by atoms with Gasteiger partial charge in [-0.2, -0.15) is 0 Å². The average Bonchev–Trinajstić information content (AvgIpc) is 2.42. The third kappa shape index (κ3) is 2.05. The van der Waals surface area contributed by atoms with E-state index in [0.717, 1.165) is 16.9 Å². The van der Waals surface area contributed by atoms with Gasteiger partial charge in [-0.15, -0.1) is 0 Å². The Morgan fingerprint density at radius 3 is 2.70 bits per heavy atom.